The van der Waals surface area contributed by atoms with Crippen molar-refractivity contribution in [2.24, 2.45) is 0 Å². The molecule has 10 heteroatoms. The lowest BCUT2D eigenvalue weighted by atomic mass is 10.0. The summed E-state index contributed by atoms with van der Waals surface area (Å²) in [4.78, 5) is 40.1. The molecule has 0 radical (unpaired) electrons. The van der Waals surface area contributed by atoms with E-state index in [-0.39, 0.29) is 24.9 Å². The van der Waals surface area contributed by atoms with Crippen LogP contribution in [0.25, 0.3) is 0 Å². The summed E-state index contributed by atoms with van der Waals surface area (Å²) in [6.45, 7) is 6.69. The number of carbonyl (C=O) groups is 2. The van der Waals surface area contributed by atoms with Crippen molar-refractivity contribution in [1.82, 2.24) is 5.32 Å². The molecule has 9 nitrogen and oxygen atoms in total. The molecule has 462 valence electrons. The molecule has 3 atom stereocenters. The molecule has 0 saturated carbocycles. The third-order valence-corrected chi connectivity index (χ3v) is 15.2. The molecule has 1 N–H and O–H groups in total. The zero-order valence-electron chi connectivity index (χ0n) is 52.8. The maximum Gasteiger partial charge on any atom is 0.306 e. The fourth-order valence-electron chi connectivity index (χ4n) is 9.17. The van der Waals surface area contributed by atoms with Gasteiger partial charge in [-0.25, -0.2) is 0 Å². The van der Waals surface area contributed by atoms with E-state index >= 15 is 0 Å². The van der Waals surface area contributed by atoms with Gasteiger partial charge in [-0.15, -0.1) is 0 Å². The van der Waals surface area contributed by atoms with Crippen LogP contribution in [-0.2, 0) is 27.9 Å². The highest BCUT2D eigenvalue weighted by atomic mass is 31.2. The van der Waals surface area contributed by atoms with E-state index in [2.05, 4.69) is 111 Å². The lowest BCUT2D eigenvalue weighted by molar-refractivity contribution is -0.870. The van der Waals surface area contributed by atoms with Crippen molar-refractivity contribution < 1.29 is 37.3 Å². The van der Waals surface area contributed by atoms with E-state index in [0.717, 1.165) is 96.3 Å². The van der Waals surface area contributed by atoms with Crippen molar-refractivity contribution in [2.45, 2.75) is 296 Å². The van der Waals surface area contributed by atoms with E-state index in [1.165, 1.54) is 148 Å². The minimum Gasteiger partial charge on any atom is -0.756 e. The Morgan fingerprint density at radius 2 is 0.800 bits per heavy atom. The number of likely N-dealkylation sites (N-methyl/N-ethyl adjacent to an activating group) is 1. The lowest BCUT2D eigenvalue weighted by Gasteiger charge is -2.30. The number of phosphoric ester groups is 1. The second-order valence-electron chi connectivity index (χ2n) is 23.2. The number of rotatable bonds is 59. The molecule has 0 aliphatic carbocycles. The van der Waals surface area contributed by atoms with Gasteiger partial charge in [-0.2, -0.15) is 0 Å². The average Bonchev–Trinajstić information content (AvgIpc) is 3.43. The number of unbranched alkanes of at least 4 members (excludes halogenated alkanes) is 29. The van der Waals surface area contributed by atoms with Crippen LogP contribution < -0.4 is 10.2 Å². The van der Waals surface area contributed by atoms with E-state index in [0.29, 0.717) is 23.9 Å². The number of nitrogens with one attached hydrogen (secondary N) is 1. The Labute approximate surface area is 494 Å². The number of carbonyl (C=O) groups excluding carboxylic acids is 2. The Kier molecular flexibility index (Phi) is 56.8. The van der Waals surface area contributed by atoms with E-state index in [4.69, 9.17) is 13.8 Å². The SMILES string of the molecule is CC/C=C\C/C=C\C/C=C\C/C=C\C/C=C\CCCCCC(=O)OC(/C=C\CCCCCCCCCCCC)C(COP(=O)([O-])OCC[N+](C)(C)C)NC(=O)CCCCCCCCCCCCCCC/C=C\C/C=C\CCCCC. The number of hydrogen-bond acceptors (Lipinski definition) is 7. The number of esters is 1. The average molecular weight is 1140 g/mol. The Balaban J connectivity index is 5.21. The number of nitrogens with zero attached hydrogens (tertiary/aromatic N) is 1. The van der Waals surface area contributed by atoms with Crippen LogP contribution in [0.2, 0.25) is 0 Å². The molecule has 0 rings (SSSR count). The highest BCUT2D eigenvalue weighted by Gasteiger charge is 2.27. The highest BCUT2D eigenvalue weighted by molar-refractivity contribution is 7.45. The zero-order chi connectivity index (χ0) is 58.6. The predicted molar refractivity (Wildman–Crippen MR) is 344 cm³/mol. The molecule has 0 aliphatic rings. The second-order valence-corrected chi connectivity index (χ2v) is 24.6. The molecule has 0 aromatic rings. The fourth-order valence-corrected chi connectivity index (χ4v) is 9.89. The molecule has 0 aliphatic heterocycles. The van der Waals surface area contributed by atoms with Gasteiger partial charge in [0, 0.05) is 12.8 Å². The van der Waals surface area contributed by atoms with Gasteiger partial charge in [-0.3, -0.25) is 14.2 Å². The van der Waals surface area contributed by atoms with Crippen molar-refractivity contribution in [3.05, 3.63) is 97.2 Å². The van der Waals surface area contributed by atoms with Crippen molar-refractivity contribution >= 4 is 19.7 Å². The summed E-state index contributed by atoms with van der Waals surface area (Å²) in [5.74, 6) is -0.579. The third-order valence-electron chi connectivity index (χ3n) is 14.2. The molecule has 80 heavy (non-hydrogen) atoms. The smallest absolute Gasteiger partial charge is 0.306 e. The molecule has 0 aromatic carbocycles. The number of ether oxygens (including phenoxy) is 1. The maximum atomic E-state index is 13.6. The molecule has 0 heterocycles. The minimum atomic E-state index is -4.71. The lowest BCUT2D eigenvalue weighted by Crippen LogP contribution is -2.47. The van der Waals surface area contributed by atoms with Gasteiger partial charge in [0.25, 0.3) is 7.82 Å². The van der Waals surface area contributed by atoms with Gasteiger partial charge in [0.2, 0.25) is 5.91 Å². The van der Waals surface area contributed by atoms with Crippen LogP contribution in [0.1, 0.15) is 284 Å². The standard InChI is InChI=1S/C70H125N2O7P/c1-7-10-13-16-19-22-25-28-30-32-34-35-36-37-39-40-42-44-47-50-53-56-59-62-69(73)71-67(66-78-80(75,76)77-65-64-72(4,5)6)68(61-58-55-52-49-46-27-24-21-18-15-12-9-3)79-70(74)63-60-57-54-51-48-45-43-41-38-33-31-29-26-23-20-17-14-11-8-2/h11,14,19-20,22-23,28-31,38,41,45,48,58,61,67-68H,7-10,12-13,15-18,21,24-27,32-37,39-40,42-44,46-47,49-57,59-60,62-66H2,1-6H3,(H-,71,73,75,76)/b14-11-,22-19-,23-20-,30-28-,31-29-,41-38-,48-45-,61-58-. The van der Waals surface area contributed by atoms with Gasteiger partial charge in [0.15, 0.2) is 0 Å². The summed E-state index contributed by atoms with van der Waals surface area (Å²) in [6, 6.07) is -0.908. The zero-order valence-corrected chi connectivity index (χ0v) is 53.7. The second kappa shape index (κ2) is 59.1. The largest absolute Gasteiger partial charge is 0.756 e. The Morgan fingerprint density at radius 3 is 1.24 bits per heavy atom. The monoisotopic (exact) mass is 1140 g/mol. The molecule has 0 bridgehead atoms. The topological polar surface area (TPSA) is 114 Å². The van der Waals surface area contributed by atoms with Gasteiger partial charge in [0.05, 0.1) is 33.8 Å². The van der Waals surface area contributed by atoms with Crippen LogP contribution in [-0.4, -0.2) is 69.4 Å². The number of phosphoric acid groups is 1. The van der Waals surface area contributed by atoms with Gasteiger partial charge in [-0.1, -0.05) is 260 Å². The van der Waals surface area contributed by atoms with E-state index in [9.17, 15) is 19.0 Å². The molecule has 0 fully saturated rings. The van der Waals surface area contributed by atoms with Gasteiger partial charge in [-0.05, 0) is 109 Å². The first-order chi connectivity index (χ1) is 38.9. The summed E-state index contributed by atoms with van der Waals surface area (Å²) in [6.07, 6.45) is 79.5. The van der Waals surface area contributed by atoms with E-state index in [1.54, 1.807) is 0 Å². The summed E-state index contributed by atoms with van der Waals surface area (Å²) in [7, 11) is 1.16. The van der Waals surface area contributed by atoms with Crippen LogP contribution in [0.15, 0.2) is 97.2 Å². The van der Waals surface area contributed by atoms with Crippen LogP contribution in [0, 0.1) is 0 Å². The molecule has 0 aromatic heterocycles. The van der Waals surface area contributed by atoms with Crippen molar-refractivity contribution in [2.75, 3.05) is 40.9 Å². The summed E-state index contributed by atoms with van der Waals surface area (Å²) in [5.41, 5.74) is 0. The van der Waals surface area contributed by atoms with Crippen LogP contribution >= 0.6 is 7.82 Å². The molecular formula is C70H125N2O7P. The molecular weight excluding hydrogens is 1010 g/mol. The summed E-state index contributed by atoms with van der Waals surface area (Å²) < 4.78 is 30.3. The summed E-state index contributed by atoms with van der Waals surface area (Å²) in [5, 5.41) is 3.03. The predicted octanol–water partition coefficient (Wildman–Crippen LogP) is 20.1. The first kappa shape index (κ1) is 76.9. The number of quaternary nitrogens is 1. The first-order valence-electron chi connectivity index (χ1n) is 33.0. The normalized spacial score (nSPS) is 14.2. The first-order valence-corrected chi connectivity index (χ1v) is 34.5. The van der Waals surface area contributed by atoms with E-state index < -0.39 is 26.6 Å². The van der Waals surface area contributed by atoms with Gasteiger partial charge in [0.1, 0.15) is 19.3 Å². The molecule has 0 spiro atoms. The third kappa shape index (κ3) is 59.5. The highest BCUT2D eigenvalue weighted by Crippen LogP contribution is 2.38. The Morgan fingerprint density at radius 1 is 0.450 bits per heavy atom. The van der Waals surface area contributed by atoms with Crippen LogP contribution in [0.4, 0.5) is 0 Å². The van der Waals surface area contributed by atoms with Gasteiger partial charge < -0.3 is 28.5 Å². The maximum absolute atomic E-state index is 13.6. The van der Waals surface area contributed by atoms with Crippen molar-refractivity contribution in [1.29, 1.82) is 0 Å². The summed E-state index contributed by atoms with van der Waals surface area (Å²) >= 11 is 0. The van der Waals surface area contributed by atoms with Gasteiger partial charge >= 0.3 is 5.97 Å². The number of amides is 1. The quantitative estimate of drug-likeness (QED) is 0.0212. The van der Waals surface area contributed by atoms with E-state index in [1.807, 2.05) is 33.3 Å². The molecule has 3 unspecified atom stereocenters. The Hall–Kier alpha value is -3.07. The van der Waals surface area contributed by atoms with Crippen LogP contribution in [0.5, 0.6) is 0 Å². The molecule has 0 saturated heterocycles. The minimum absolute atomic E-state index is 0.0317. The molecule has 1 amide bonds. The van der Waals surface area contributed by atoms with Crippen molar-refractivity contribution in [3.63, 3.8) is 0 Å². The fraction of sp³-hybridized carbons (Fsp3) is 0.743. The Bertz CT molecular complexity index is 1690. The number of hydrogen-bond donors (Lipinski definition) is 1. The van der Waals surface area contributed by atoms with Crippen molar-refractivity contribution in [3.8, 4) is 0 Å². The number of allylic oxidation sites excluding steroid dienone is 15. The van der Waals surface area contributed by atoms with Crippen LogP contribution in [0.3, 0.4) is 0 Å².